The Morgan fingerprint density at radius 2 is 1.84 bits per heavy atom. The van der Waals surface area contributed by atoms with E-state index in [2.05, 4.69) is 19.2 Å². The third-order valence-electron chi connectivity index (χ3n) is 4.57. The molecule has 0 aromatic rings. The Balaban J connectivity index is 1.50. The Hall–Kier alpha value is -0.120. The smallest absolute Gasteiger partial charge is 0.0897 e. The highest BCUT2D eigenvalue weighted by atomic mass is 16.5. The molecule has 0 bridgehead atoms. The highest BCUT2D eigenvalue weighted by molar-refractivity contribution is 4.78. The molecule has 3 nitrogen and oxygen atoms in total. The second-order valence-corrected chi connectivity index (χ2v) is 6.86. The van der Waals surface area contributed by atoms with Crippen LogP contribution in [0.3, 0.4) is 0 Å². The maximum Gasteiger partial charge on any atom is 0.0897 e. The average molecular weight is 269 g/mol. The fourth-order valence-electron chi connectivity index (χ4n) is 2.98. The predicted molar refractivity (Wildman–Crippen MR) is 78.2 cm³/mol. The summed E-state index contributed by atoms with van der Waals surface area (Å²) in [7, 11) is 0. The number of ether oxygens (including phenoxy) is 1. The molecule has 112 valence electrons. The molecule has 0 radical (unpaired) electrons. The third kappa shape index (κ3) is 6.24. The van der Waals surface area contributed by atoms with Crippen molar-refractivity contribution >= 4 is 0 Å². The third-order valence-corrected chi connectivity index (χ3v) is 4.57. The fraction of sp³-hybridized carbons (Fsp3) is 1.00. The van der Waals surface area contributed by atoms with Crippen LogP contribution in [0.2, 0.25) is 0 Å². The maximum atomic E-state index is 9.94. The fourth-order valence-corrected chi connectivity index (χ4v) is 2.98. The summed E-state index contributed by atoms with van der Waals surface area (Å²) < 4.78 is 5.83. The van der Waals surface area contributed by atoms with Crippen molar-refractivity contribution in [3.05, 3.63) is 0 Å². The van der Waals surface area contributed by atoms with E-state index in [1.165, 1.54) is 44.9 Å². The van der Waals surface area contributed by atoms with E-state index >= 15 is 0 Å². The Kier molecular flexibility index (Phi) is 6.11. The van der Waals surface area contributed by atoms with Gasteiger partial charge in [0.15, 0.2) is 0 Å². The van der Waals surface area contributed by atoms with E-state index in [1.54, 1.807) is 0 Å². The first kappa shape index (κ1) is 15.3. The average Bonchev–Trinajstić information content (AvgIpc) is 3.19. The zero-order valence-electron chi connectivity index (χ0n) is 12.6. The van der Waals surface area contributed by atoms with Crippen molar-refractivity contribution in [2.45, 2.75) is 77.0 Å². The summed E-state index contributed by atoms with van der Waals surface area (Å²) in [6.07, 6.45) is 8.97. The van der Waals surface area contributed by atoms with Gasteiger partial charge in [0.05, 0.1) is 18.8 Å². The molecule has 2 unspecified atom stereocenters. The van der Waals surface area contributed by atoms with E-state index in [0.717, 1.165) is 11.8 Å². The Labute approximate surface area is 118 Å². The molecule has 0 saturated heterocycles. The normalized spacial score (nSPS) is 31.1. The maximum absolute atomic E-state index is 9.94. The number of aliphatic hydroxyl groups excluding tert-OH is 1. The van der Waals surface area contributed by atoms with Crippen molar-refractivity contribution in [1.29, 1.82) is 0 Å². The van der Waals surface area contributed by atoms with Crippen molar-refractivity contribution in [2.75, 3.05) is 13.2 Å². The topological polar surface area (TPSA) is 41.5 Å². The number of rotatable bonds is 8. The minimum atomic E-state index is -0.360. The van der Waals surface area contributed by atoms with Crippen LogP contribution < -0.4 is 5.32 Å². The first-order valence-corrected chi connectivity index (χ1v) is 8.16. The van der Waals surface area contributed by atoms with Gasteiger partial charge in [-0.1, -0.05) is 19.8 Å². The summed E-state index contributed by atoms with van der Waals surface area (Å²) >= 11 is 0. The van der Waals surface area contributed by atoms with Gasteiger partial charge in [-0.25, -0.2) is 0 Å². The Morgan fingerprint density at radius 3 is 2.47 bits per heavy atom. The lowest BCUT2D eigenvalue weighted by atomic mass is 9.89. The van der Waals surface area contributed by atoms with Crippen molar-refractivity contribution in [3.63, 3.8) is 0 Å². The van der Waals surface area contributed by atoms with E-state index in [4.69, 9.17) is 4.74 Å². The first-order chi connectivity index (χ1) is 9.13. The molecule has 2 atom stereocenters. The molecule has 2 N–H and O–H groups in total. The van der Waals surface area contributed by atoms with Crippen LogP contribution in [0.5, 0.6) is 0 Å². The quantitative estimate of drug-likeness (QED) is 0.712. The van der Waals surface area contributed by atoms with Gasteiger partial charge in [-0.15, -0.1) is 0 Å². The van der Waals surface area contributed by atoms with Gasteiger partial charge in [0.2, 0.25) is 0 Å². The van der Waals surface area contributed by atoms with Crippen LogP contribution in [0.1, 0.15) is 58.8 Å². The minimum Gasteiger partial charge on any atom is -0.389 e. The highest BCUT2D eigenvalue weighted by Gasteiger charge is 2.24. The van der Waals surface area contributed by atoms with Gasteiger partial charge >= 0.3 is 0 Å². The van der Waals surface area contributed by atoms with E-state index in [-0.39, 0.29) is 6.10 Å². The Bertz CT molecular complexity index is 247. The van der Waals surface area contributed by atoms with Gasteiger partial charge < -0.3 is 15.2 Å². The monoisotopic (exact) mass is 269 g/mol. The SMILES string of the molecule is CC1CCC(OCC(O)CNC(C)CC2CC2)CC1. The second-order valence-electron chi connectivity index (χ2n) is 6.86. The van der Waals surface area contributed by atoms with Crippen molar-refractivity contribution in [2.24, 2.45) is 11.8 Å². The molecule has 0 aliphatic heterocycles. The molecule has 0 aromatic heterocycles. The predicted octanol–water partition coefficient (Wildman–Crippen LogP) is 2.72. The van der Waals surface area contributed by atoms with Gasteiger partial charge in [-0.2, -0.15) is 0 Å². The van der Waals surface area contributed by atoms with Crippen molar-refractivity contribution in [3.8, 4) is 0 Å². The summed E-state index contributed by atoms with van der Waals surface area (Å²) in [5.41, 5.74) is 0. The van der Waals surface area contributed by atoms with Crippen molar-refractivity contribution in [1.82, 2.24) is 5.32 Å². The lowest BCUT2D eigenvalue weighted by Crippen LogP contribution is -2.37. The zero-order chi connectivity index (χ0) is 13.7. The summed E-state index contributed by atoms with van der Waals surface area (Å²) in [5, 5.41) is 13.4. The van der Waals surface area contributed by atoms with E-state index in [1.807, 2.05) is 0 Å². The van der Waals surface area contributed by atoms with Gasteiger partial charge in [-0.3, -0.25) is 0 Å². The Morgan fingerprint density at radius 1 is 1.16 bits per heavy atom. The molecule has 0 aromatic carbocycles. The molecule has 2 rings (SSSR count). The molecule has 3 heteroatoms. The van der Waals surface area contributed by atoms with Crippen LogP contribution in [0.4, 0.5) is 0 Å². The van der Waals surface area contributed by atoms with E-state index < -0.39 is 0 Å². The lowest BCUT2D eigenvalue weighted by Gasteiger charge is -2.27. The van der Waals surface area contributed by atoms with Gasteiger partial charge in [0, 0.05) is 12.6 Å². The van der Waals surface area contributed by atoms with Crippen LogP contribution in [0, 0.1) is 11.8 Å². The molecule has 0 amide bonds. The number of nitrogens with one attached hydrogen (secondary N) is 1. The summed E-state index contributed by atoms with van der Waals surface area (Å²) in [6, 6.07) is 0.526. The standard InChI is InChI=1S/C16H31NO2/c1-12-3-7-16(8-4-12)19-11-15(18)10-17-13(2)9-14-5-6-14/h12-18H,3-11H2,1-2H3. The largest absolute Gasteiger partial charge is 0.389 e. The molecule has 0 spiro atoms. The van der Waals surface area contributed by atoms with Crippen LogP contribution in [0.15, 0.2) is 0 Å². The molecular weight excluding hydrogens is 238 g/mol. The molecule has 19 heavy (non-hydrogen) atoms. The molecular formula is C16H31NO2. The molecule has 2 fully saturated rings. The lowest BCUT2D eigenvalue weighted by molar-refractivity contribution is -0.0283. The zero-order valence-corrected chi connectivity index (χ0v) is 12.6. The van der Waals surface area contributed by atoms with E-state index in [0.29, 0.717) is 25.3 Å². The summed E-state index contributed by atoms with van der Waals surface area (Å²) in [5.74, 6) is 1.80. The van der Waals surface area contributed by atoms with Crippen LogP contribution >= 0.6 is 0 Å². The van der Waals surface area contributed by atoms with Gasteiger partial charge in [0.1, 0.15) is 0 Å². The molecule has 2 aliphatic rings. The summed E-state index contributed by atoms with van der Waals surface area (Å²) in [4.78, 5) is 0. The molecule has 2 saturated carbocycles. The number of hydrogen-bond donors (Lipinski definition) is 2. The van der Waals surface area contributed by atoms with Crippen molar-refractivity contribution < 1.29 is 9.84 Å². The van der Waals surface area contributed by atoms with Crippen LogP contribution in [-0.2, 0) is 4.74 Å². The van der Waals surface area contributed by atoms with Crippen LogP contribution in [0.25, 0.3) is 0 Å². The van der Waals surface area contributed by atoms with Crippen LogP contribution in [-0.4, -0.2) is 36.5 Å². The van der Waals surface area contributed by atoms with Gasteiger partial charge in [-0.05, 0) is 50.9 Å². The van der Waals surface area contributed by atoms with Gasteiger partial charge in [0.25, 0.3) is 0 Å². The highest BCUT2D eigenvalue weighted by Crippen LogP contribution is 2.33. The second kappa shape index (κ2) is 7.61. The minimum absolute atomic E-state index is 0.360. The molecule has 0 heterocycles. The molecule has 2 aliphatic carbocycles. The summed E-state index contributed by atoms with van der Waals surface area (Å²) in [6.45, 7) is 5.68. The first-order valence-electron chi connectivity index (χ1n) is 8.16. The number of hydrogen-bond acceptors (Lipinski definition) is 3. The number of aliphatic hydroxyl groups is 1. The van der Waals surface area contributed by atoms with E-state index in [9.17, 15) is 5.11 Å².